The minimum absolute atomic E-state index is 0.380. The maximum absolute atomic E-state index is 11.1. The normalized spacial score (nSPS) is 17.9. The fourth-order valence-electron chi connectivity index (χ4n) is 0.698. The van der Waals surface area contributed by atoms with Crippen molar-refractivity contribution in [3.63, 3.8) is 0 Å². The van der Waals surface area contributed by atoms with Gasteiger partial charge in [-0.3, -0.25) is 0 Å². The average molecular weight is 179 g/mol. The summed E-state index contributed by atoms with van der Waals surface area (Å²) in [7, 11) is -2.48. The number of nitrogens with zero attached hydrogens (tertiary/aromatic N) is 1. The zero-order valence-electron chi connectivity index (χ0n) is 6.02. The third-order valence-electron chi connectivity index (χ3n) is 1.60. The Morgan fingerprint density at radius 1 is 1.55 bits per heavy atom. The van der Waals surface area contributed by atoms with Crippen LogP contribution in [-0.4, -0.2) is 36.2 Å². The molecule has 0 heterocycles. The molecule has 0 aliphatic heterocycles. The first-order valence-electron chi connectivity index (χ1n) is 3.17. The molecule has 0 aromatic carbocycles. The number of hydrogen-bond donors (Lipinski definition) is 1. The predicted molar refractivity (Wildman–Crippen MR) is 37.7 cm³/mol. The summed E-state index contributed by atoms with van der Waals surface area (Å²) in [5.41, 5.74) is 0. The molecule has 0 saturated heterocycles. The molecular formula is C5H9NO4S. The van der Waals surface area contributed by atoms with Crippen LogP contribution in [0.1, 0.15) is 12.8 Å². The maximum atomic E-state index is 11.1. The second-order valence-corrected chi connectivity index (χ2v) is 4.74. The average Bonchev–Trinajstić information content (AvgIpc) is 2.66. The van der Waals surface area contributed by atoms with Crippen LogP contribution in [0.3, 0.4) is 0 Å². The van der Waals surface area contributed by atoms with Gasteiger partial charge in [-0.2, -0.15) is 0 Å². The summed E-state index contributed by atoms with van der Waals surface area (Å²) >= 11 is 0. The van der Waals surface area contributed by atoms with E-state index in [1.54, 1.807) is 0 Å². The van der Waals surface area contributed by atoms with E-state index in [1.807, 2.05) is 0 Å². The molecule has 0 spiro atoms. The smallest absolute Gasteiger partial charge is 0.420 e. The van der Waals surface area contributed by atoms with Gasteiger partial charge in [0, 0.05) is 7.05 Å². The minimum Gasteiger partial charge on any atom is -0.464 e. The third-order valence-corrected chi connectivity index (χ3v) is 3.83. The molecule has 1 aliphatic rings. The maximum Gasteiger partial charge on any atom is 0.420 e. The highest BCUT2D eigenvalue weighted by molar-refractivity contribution is 7.90. The SMILES string of the molecule is CN(C(=O)O)S(=O)(=O)C1CC1. The van der Waals surface area contributed by atoms with Gasteiger partial charge in [0.25, 0.3) is 0 Å². The molecule has 0 radical (unpaired) electrons. The zero-order chi connectivity index (χ0) is 8.65. The number of amides is 1. The lowest BCUT2D eigenvalue weighted by atomic mass is 11.0. The number of rotatable bonds is 2. The molecule has 1 rings (SSSR count). The summed E-state index contributed by atoms with van der Waals surface area (Å²) in [6.07, 6.45) is -0.253. The number of carbonyl (C=O) groups is 1. The molecule has 1 aliphatic carbocycles. The van der Waals surface area contributed by atoms with Crippen molar-refractivity contribution in [1.82, 2.24) is 4.31 Å². The van der Waals surface area contributed by atoms with Crippen LogP contribution in [0.5, 0.6) is 0 Å². The zero-order valence-corrected chi connectivity index (χ0v) is 6.84. The summed E-state index contributed by atoms with van der Waals surface area (Å²) in [4.78, 5) is 10.2. The fourth-order valence-corrected chi connectivity index (χ4v) is 2.10. The first-order chi connectivity index (χ1) is 4.96. The topological polar surface area (TPSA) is 74.7 Å². The third kappa shape index (κ3) is 1.45. The Balaban J connectivity index is 2.79. The van der Waals surface area contributed by atoms with Crippen LogP contribution < -0.4 is 0 Å². The van der Waals surface area contributed by atoms with Crippen molar-refractivity contribution in [3.05, 3.63) is 0 Å². The molecule has 0 atom stereocenters. The fraction of sp³-hybridized carbons (Fsp3) is 0.800. The summed E-state index contributed by atoms with van der Waals surface area (Å²) in [5, 5.41) is 7.89. The lowest BCUT2D eigenvalue weighted by molar-refractivity contribution is 0.178. The molecule has 64 valence electrons. The Morgan fingerprint density at radius 2 is 2.00 bits per heavy atom. The van der Waals surface area contributed by atoms with Crippen molar-refractivity contribution >= 4 is 16.1 Å². The van der Waals surface area contributed by atoms with E-state index in [4.69, 9.17) is 5.11 Å². The van der Waals surface area contributed by atoms with E-state index in [9.17, 15) is 13.2 Å². The second-order valence-electron chi connectivity index (χ2n) is 2.49. The van der Waals surface area contributed by atoms with Crippen molar-refractivity contribution in [3.8, 4) is 0 Å². The quantitative estimate of drug-likeness (QED) is 0.651. The molecule has 6 heteroatoms. The van der Waals surface area contributed by atoms with Gasteiger partial charge in [-0.15, -0.1) is 0 Å². The van der Waals surface area contributed by atoms with Gasteiger partial charge in [0.1, 0.15) is 0 Å². The summed E-state index contributed by atoms with van der Waals surface area (Å²) in [6.45, 7) is 0. The lowest BCUT2D eigenvalue weighted by Crippen LogP contribution is -2.34. The molecule has 0 bridgehead atoms. The van der Waals surface area contributed by atoms with Crippen molar-refractivity contribution < 1.29 is 18.3 Å². The van der Waals surface area contributed by atoms with Gasteiger partial charge in [-0.05, 0) is 12.8 Å². The van der Waals surface area contributed by atoms with Gasteiger partial charge in [0.2, 0.25) is 10.0 Å². The van der Waals surface area contributed by atoms with E-state index in [0.29, 0.717) is 17.1 Å². The molecule has 0 aromatic heterocycles. The molecule has 1 N–H and O–H groups in total. The molecule has 1 amide bonds. The minimum atomic E-state index is -3.53. The van der Waals surface area contributed by atoms with Gasteiger partial charge in [-0.25, -0.2) is 17.5 Å². The summed E-state index contributed by atoms with van der Waals surface area (Å²) in [6, 6.07) is 0. The Morgan fingerprint density at radius 3 is 2.27 bits per heavy atom. The van der Waals surface area contributed by atoms with E-state index >= 15 is 0 Å². The van der Waals surface area contributed by atoms with Gasteiger partial charge in [0.15, 0.2) is 0 Å². The monoisotopic (exact) mass is 179 g/mol. The molecular weight excluding hydrogens is 170 g/mol. The Bertz CT molecular complexity index is 266. The van der Waals surface area contributed by atoms with Crippen molar-refractivity contribution in [2.75, 3.05) is 7.05 Å². The van der Waals surface area contributed by atoms with E-state index < -0.39 is 21.4 Å². The number of hydrogen-bond acceptors (Lipinski definition) is 3. The Labute approximate surface area is 64.7 Å². The van der Waals surface area contributed by atoms with E-state index in [-0.39, 0.29) is 0 Å². The molecule has 5 nitrogen and oxygen atoms in total. The molecule has 0 unspecified atom stereocenters. The van der Waals surface area contributed by atoms with Gasteiger partial charge in [-0.1, -0.05) is 0 Å². The molecule has 0 aromatic rings. The summed E-state index contributed by atoms with van der Waals surface area (Å²) in [5.74, 6) is 0. The second kappa shape index (κ2) is 2.37. The lowest BCUT2D eigenvalue weighted by Gasteiger charge is -2.11. The van der Waals surface area contributed by atoms with Crippen LogP contribution in [0.2, 0.25) is 0 Å². The molecule has 1 fully saturated rings. The van der Waals surface area contributed by atoms with Crippen LogP contribution in [0.25, 0.3) is 0 Å². The standard InChI is InChI=1S/C5H9NO4S/c1-6(5(7)8)11(9,10)4-2-3-4/h4H,2-3H2,1H3,(H,7,8). The van der Waals surface area contributed by atoms with Crippen LogP contribution in [-0.2, 0) is 10.0 Å². The van der Waals surface area contributed by atoms with Gasteiger partial charge in [0.05, 0.1) is 5.25 Å². The van der Waals surface area contributed by atoms with Crippen molar-refractivity contribution in [2.45, 2.75) is 18.1 Å². The molecule has 11 heavy (non-hydrogen) atoms. The van der Waals surface area contributed by atoms with E-state index in [0.717, 1.165) is 7.05 Å². The highest BCUT2D eigenvalue weighted by Crippen LogP contribution is 2.30. The van der Waals surface area contributed by atoms with Crippen LogP contribution in [0, 0.1) is 0 Å². The predicted octanol–water partition coefficient (Wildman–Crippen LogP) is 0.0884. The van der Waals surface area contributed by atoms with Crippen LogP contribution in [0.4, 0.5) is 4.79 Å². The largest absolute Gasteiger partial charge is 0.464 e. The van der Waals surface area contributed by atoms with Crippen LogP contribution >= 0.6 is 0 Å². The van der Waals surface area contributed by atoms with E-state index in [1.165, 1.54) is 0 Å². The number of carboxylic acid groups (broad SMARTS) is 1. The van der Waals surface area contributed by atoms with E-state index in [2.05, 4.69) is 0 Å². The van der Waals surface area contributed by atoms with Crippen molar-refractivity contribution in [1.29, 1.82) is 0 Å². The van der Waals surface area contributed by atoms with Gasteiger partial charge >= 0.3 is 6.09 Å². The van der Waals surface area contributed by atoms with Gasteiger partial charge < -0.3 is 5.11 Å². The van der Waals surface area contributed by atoms with Crippen molar-refractivity contribution in [2.24, 2.45) is 0 Å². The Hall–Kier alpha value is -0.780. The first-order valence-corrected chi connectivity index (χ1v) is 4.67. The number of sulfonamides is 1. The Kier molecular flexibility index (Phi) is 1.79. The summed E-state index contributed by atoms with van der Waals surface area (Å²) < 4.78 is 22.5. The highest BCUT2D eigenvalue weighted by atomic mass is 32.2. The van der Waals surface area contributed by atoms with Crippen LogP contribution in [0.15, 0.2) is 0 Å². The highest BCUT2D eigenvalue weighted by Gasteiger charge is 2.40. The first kappa shape index (κ1) is 8.32. The molecule has 1 saturated carbocycles.